The van der Waals surface area contributed by atoms with E-state index in [1.807, 2.05) is 69.7 Å². The van der Waals surface area contributed by atoms with Gasteiger partial charge in [0.05, 0.1) is 23.8 Å². The number of amides is 1. The van der Waals surface area contributed by atoms with Gasteiger partial charge in [0.15, 0.2) is 0 Å². The van der Waals surface area contributed by atoms with Gasteiger partial charge in [-0.3, -0.25) is 4.79 Å². The maximum atomic E-state index is 12.4. The molecular formula is C20H19N3O2S. The molecule has 0 aliphatic carbocycles. The molecule has 26 heavy (non-hydrogen) atoms. The molecule has 1 fully saturated rings. The lowest BCUT2D eigenvalue weighted by Crippen LogP contribution is -2.39. The summed E-state index contributed by atoms with van der Waals surface area (Å²) in [6.07, 6.45) is 5.46. The summed E-state index contributed by atoms with van der Waals surface area (Å²) in [5.41, 5.74) is 2.80. The van der Waals surface area contributed by atoms with Gasteiger partial charge in [0, 0.05) is 30.9 Å². The fourth-order valence-corrected chi connectivity index (χ4v) is 3.61. The Hall–Kier alpha value is -2.70. The molecule has 0 bridgehead atoms. The molecule has 4 rings (SSSR count). The molecule has 1 aliphatic rings. The molecule has 1 aromatic carbocycles. The van der Waals surface area contributed by atoms with Gasteiger partial charge in [-0.15, -0.1) is 11.3 Å². The molecule has 0 saturated carbocycles. The number of benzene rings is 1. The highest BCUT2D eigenvalue weighted by atomic mass is 32.1. The van der Waals surface area contributed by atoms with Gasteiger partial charge in [0.25, 0.3) is 0 Å². The maximum Gasteiger partial charge on any atom is 0.246 e. The Balaban J connectivity index is 1.64. The zero-order valence-electron chi connectivity index (χ0n) is 14.2. The van der Waals surface area contributed by atoms with Crippen LogP contribution in [0.15, 0.2) is 60.1 Å². The molecule has 0 unspecified atom stereocenters. The summed E-state index contributed by atoms with van der Waals surface area (Å²) < 4.78 is 7.16. The van der Waals surface area contributed by atoms with Crippen LogP contribution >= 0.6 is 11.3 Å². The summed E-state index contributed by atoms with van der Waals surface area (Å²) in [6, 6.07) is 14.0. The van der Waals surface area contributed by atoms with Crippen LogP contribution < -0.4 is 0 Å². The van der Waals surface area contributed by atoms with E-state index in [2.05, 4.69) is 0 Å². The number of aromatic nitrogens is 2. The van der Waals surface area contributed by atoms with Gasteiger partial charge in [-0.05, 0) is 29.7 Å². The molecule has 1 saturated heterocycles. The van der Waals surface area contributed by atoms with Crippen molar-refractivity contribution >= 4 is 23.3 Å². The number of para-hydroxylation sites is 1. The zero-order valence-corrected chi connectivity index (χ0v) is 15.1. The first-order valence-corrected chi connectivity index (χ1v) is 9.43. The van der Waals surface area contributed by atoms with Crippen LogP contribution in [0.4, 0.5) is 0 Å². The summed E-state index contributed by atoms with van der Waals surface area (Å²) >= 11 is 1.64. The van der Waals surface area contributed by atoms with Crippen LogP contribution in [0.3, 0.4) is 0 Å². The number of hydrogen-bond donors (Lipinski definition) is 0. The average Bonchev–Trinajstić information content (AvgIpc) is 3.37. The number of ether oxygens (including phenoxy) is 1. The number of rotatable bonds is 4. The topological polar surface area (TPSA) is 47.4 Å². The first-order chi connectivity index (χ1) is 12.8. The highest BCUT2D eigenvalue weighted by Gasteiger charge is 2.15. The third-order valence-corrected chi connectivity index (χ3v) is 5.12. The first kappa shape index (κ1) is 16.8. The van der Waals surface area contributed by atoms with Crippen LogP contribution in [0.25, 0.3) is 22.3 Å². The molecule has 0 radical (unpaired) electrons. The van der Waals surface area contributed by atoms with Crippen molar-refractivity contribution in [3.8, 4) is 16.3 Å². The van der Waals surface area contributed by atoms with E-state index in [1.165, 1.54) is 0 Å². The van der Waals surface area contributed by atoms with E-state index in [-0.39, 0.29) is 5.91 Å². The zero-order chi connectivity index (χ0) is 17.8. The lowest BCUT2D eigenvalue weighted by molar-refractivity contribution is -0.129. The van der Waals surface area contributed by atoms with Crippen LogP contribution in [0.2, 0.25) is 0 Å². The second-order valence-corrected chi connectivity index (χ2v) is 6.91. The van der Waals surface area contributed by atoms with Crippen LogP contribution in [0, 0.1) is 0 Å². The van der Waals surface area contributed by atoms with E-state index in [9.17, 15) is 4.79 Å². The Morgan fingerprint density at radius 1 is 1.12 bits per heavy atom. The van der Waals surface area contributed by atoms with Crippen LogP contribution in [0.1, 0.15) is 5.56 Å². The van der Waals surface area contributed by atoms with Crippen molar-refractivity contribution in [2.24, 2.45) is 0 Å². The van der Waals surface area contributed by atoms with E-state index in [4.69, 9.17) is 9.84 Å². The first-order valence-electron chi connectivity index (χ1n) is 8.55. The second kappa shape index (κ2) is 7.68. The standard InChI is InChI=1S/C20H19N3O2S/c24-19(22-10-12-25-13-11-22)9-8-16-15-23(17-5-2-1-3-6-17)21-20(16)18-7-4-14-26-18/h1-9,14-15H,10-13H2. The predicted octanol–water partition coefficient (Wildman–Crippen LogP) is 3.47. The number of carbonyl (C=O) groups is 1. The third-order valence-electron chi connectivity index (χ3n) is 4.25. The lowest BCUT2D eigenvalue weighted by Gasteiger charge is -2.25. The van der Waals surface area contributed by atoms with Crippen molar-refractivity contribution in [2.45, 2.75) is 0 Å². The van der Waals surface area contributed by atoms with Crippen molar-refractivity contribution in [3.05, 3.63) is 65.7 Å². The molecular weight excluding hydrogens is 346 g/mol. The van der Waals surface area contributed by atoms with Crippen molar-refractivity contribution < 1.29 is 9.53 Å². The Kier molecular flexibility index (Phi) is 4.95. The molecule has 1 amide bonds. The van der Waals surface area contributed by atoms with Crippen molar-refractivity contribution in [1.82, 2.24) is 14.7 Å². The van der Waals surface area contributed by atoms with E-state index in [1.54, 1.807) is 17.4 Å². The van der Waals surface area contributed by atoms with Gasteiger partial charge in [-0.2, -0.15) is 5.10 Å². The maximum absolute atomic E-state index is 12.4. The number of morpholine rings is 1. The molecule has 0 spiro atoms. The van der Waals surface area contributed by atoms with Crippen molar-refractivity contribution in [2.75, 3.05) is 26.3 Å². The Bertz CT molecular complexity index is 895. The molecule has 2 aromatic heterocycles. The summed E-state index contributed by atoms with van der Waals surface area (Å²) in [6.45, 7) is 2.49. The fraction of sp³-hybridized carbons (Fsp3) is 0.200. The van der Waals surface area contributed by atoms with E-state index >= 15 is 0 Å². The Morgan fingerprint density at radius 2 is 1.92 bits per heavy atom. The lowest BCUT2D eigenvalue weighted by atomic mass is 10.2. The van der Waals surface area contributed by atoms with Gasteiger partial charge >= 0.3 is 0 Å². The molecule has 3 heterocycles. The largest absolute Gasteiger partial charge is 0.378 e. The molecule has 5 nitrogen and oxygen atoms in total. The third kappa shape index (κ3) is 3.61. The highest BCUT2D eigenvalue weighted by Crippen LogP contribution is 2.28. The van der Waals surface area contributed by atoms with E-state index < -0.39 is 0 Å². The van der Waals surface area contributed by atoms with Gasteiger partial charge in [-0.1, -0.05) is 24.3 Å². The number of carbonyl (C=O) groups excluding carboxylic acids is 1. The monoisotopic (exact) mass is 365 g/mol. The van der Waals surface area contributed by atoms with E-state index in [0.29, 0.717) is 26.3 Å². The number of nitrogens with zero attached hydrogens (tertiary/aromatic N) is 3. The van der Waals surface area contributed by atoms with Gasteiger partial charge < -0.3 is 9.64 Å². The fourth-order valence-electron chi connectivity index (χ4n) is 2.88. The number of thiophene rings is 1. The molecule has 3 aromatic rings. The highest BCUT2D eigenvalue weighted by molar-refractivity contribution is 7.13. The second-order valence-electron chi connectivity index (χ2n) is 5.96. The minimum absolute atomic E-state index is 0.0119. The van der Waals surface area contributed by atoms with Gasteiger partial charge in [0.2, 0.25) is 5.91 Å². The van der Waals surface area contributed by atoms with Crippen molar-refractivity contribution in [1.29, 1.82) is 0 Å². The van der Waals surface area contributed by atoms with E-state index in [0.717, 1.165) is 21.8 Å². The molecule has 1 aliphatic heterocycles. The number of hydrogen-bond acceptors (Lipinski definition) is 4. The molecule has 6 heteroatoms. The quantitative estimate of drug-likeness (QED) is 0.665. The summed E-state index contributed by atoms with van der Waals surface area (Å²) in [5, 5.41) is 6.78. The average molecular weight is 365 g/mol. The van der Waals surface area contributed by atoms with Crippen LogP contribution in [-0.4, -0.2) is 46.9 Å². The van der Waals surface area contributed by atoms with Crippen LogP contribution in [-0.2, 0) is 9.53 Å². The van der Waals surface area contributed by atoms with Gasteiger partial charge in [0.1, 0.15) is 5.69 Å². The molecule has 0 atom stereocenters. The van der Waals surface area contributed by atoms with Crippen LogP contribution in [0.5, 0.6) is 0 Å². The minimum atomic E-state index is 0.0119. The smallest absolute Gasteiger partial charge is 0.246 e. The minimum Gasteiger partial charge on any atom is -0.378 e. The predicted molar refractivity (Wildman–Crippen MR) is 103 cm³/mol. The van der Waals surface area contributed by atoms with Gasteiger partial charge in [-0.25, -0.2) is 4.68 Å². The summed E-state index contributed by atoms with van der Waals surface area (Å²) in [4.78, 5) is 15.3. The molecule has 0 N–H and O–H groups in total. The normalized spacial score (nSPS) is 14.8. The molecule has 132 valence electrons. The van der Waals surface area contributed by atoms with Crippen molar-refractivity contribution in [3.63, 3.8) is 0 Å². The SMILES string of the molecule is O=C(C=Cc1cn(-c2ccccc2)nc1-c1cccs1)N1CCOCC1. The summed E-state index contributed by atoms with van der Waals surface area (Å²) in [7, 11) is 0. The Morgan fingerprint density at radius 3 is 2.65 bits per heavy atom. The summed E-state index contributed by atoms with van der Waals surface area (Å²) in [5.74, 6) is 0.0119. The Labute approximate surface area is 156 Å².